The Labute approximate surface area is 111 Å². The van der Waals surface area contributed by atoms with Crippen molar-refractivity contribution in [1.82, 2.24) is 5.32 Å². The molecule has 0 spiro atoms. The summed E-state index contributed by atoms with van der Waals surface area (Å²) in [7, 11) is 0. The third-order valence-electron chi connectivity index (χ3n) is 3.50. The maximum atomic E-state index is 14.0. The summed E-state index contributed by atoms with van der Waals surface area (Å²) in [5.41, 5.74) is 1.95. The molecule has 0 aliphatic heterocycles. The van der Waals surface area contributed by atoms with Gasteiger partial charge in [0.05, 0.1) is 0 Å². The van der Waals surface area contributed by atoms with Crippen LogP contribution in [0.5, 0.6) is 0 Å². The number of hydrogen-bond acceptors (Lipinski definition) is 1. The summed E-state index contributed by atoms with van der Waals surface area (Å²) in [5.74, 6) is 0.525. The molecule has 0 saturated heterocycles. The number of benzene rings is 1. The fourth-order valence-corrected chi connectivity index (χ4v) is 2.14. The van der Waals surface area contributed by atoms with Crippen LogP contribution in [0.2, 0.25) is 0 Å². The highest BCUT2D eigenvalue weighted by Crippen LogP contribution is 2.26. The van der Waals surface area contributed by atoms with Crippen LogP contribution in [-0.2, 0) is 0 Å². The van der Waals surface area contributed by atoms with Gasteiger partial charge in [-0.25, -0.2) is 4.39 Å². The summed E-state index contributed by atoms with van der Waals surface area (Å²) in [6.07, 6.45) is 3.21. The van der Waals surface area contributed by atoms with Crippen molar-refractivity contribution in [3.8, 4) is 0 Å². The molecule has 0 aromatic heterocycles. The van der Waals surface area contributed by atoms with Crippen LogP contribution in [0.3, 0.4) is 0 Å². The largest absolute Gasteiger partial charge is 0.310 e. The molecule has 1 aromatic carbocycles. The van der Waals surface area contributed by atoms with Gasteiger partial charge in [0, 0.05) is 11.6 Å². The van der Waals surface area contributed by atoms with E-state index in [2.05, 4.69) is 26.1 Å². The zero-order chi connectivity index (χ0) is 13.5. The predicted octanol–water partition coefficient (Wildman–Crippen LogP) is 4.61. The normalized spacial score (nSPS) is 14.5. The van der Waals surface area contributed by atoms with Gasteiger partial charge in [0.25, 0.3) is 0 Å². The topological polar surface area (TPSA) is 12.0 Å². The second-order valence-corrected chi connectivity index (χ2v) is 5.28. The van der Waals surface area contributed by atoms with Crippen LogP contribution >= 0.6 is 0 Å². The summed E-state index contributed by atoms with van der Waals surface area (Å²) in [5, 5.41) is 3.48. The number of rotatable bonds is 7. The average Bonchev–Trinajstić information content (AvgIpc) is 2.37. The Hall–Kier alpha value is -0.890. The lowest BCUT2D eigenvalue weighted by Crippen LogP contribution is -2.25. The fraction of sp³-hybridized carbons (Fsp3) is 0.625. The number of aryl methyl sites for hydroxylation is 1. The number of hydrogen-bond donors (Lipinski definition) is 1. The Morgan fingerprint density at radius 1 is 1.28 bits per heavy atom. The average molecular weight is 251 g/mol. The number of halogens is 1. The summed E-state index contributed by atoms with van der Waals surface area (Å²) in [6.45, 7) is 9.51. The van der Waals surface area contributed by atoms with Crippen LogP contribution in [0.1, 0.15) is 57.2 Å². The first-order valence-corrected chi connectivity index (χ1v) is 7.07. The molecule has 0 amide bonds. The monoisotopic (exact) mass is 251 g/mol. The smallest absolute Gasteiger partial charge is 0.127 e. The highest BCUT2D eigenvalue weighted by atomic mass is 19.1. The Kier molecular flexibility index (Phi) is 6.34. The van der Waals surface area contributed by atoms with Gasteiger partial charge in [-0.1, -0.05) is 44.9 Å². The summed E-state index contributed by atoms with van der Waals surface area (Å²) in [6, 6.07) is 5.53. The molecule has 1 nitrogen and oxygen atoms in total. The van der Waals surface area contributed by atoms with Gasteiger partial charge in [0.15, 0.2) is 0 Å². The fourth-order valence-electron chi connectivity index (χ4n) is 2.14. The van der Waals surface area contributed by atoms with Gasteiger partial charge in [-0.15, -0.1) is 0 Å². The van der Waals surface area contributed by atoms with Crippen molar-refractivity contribution in [1.29, 1.82) is 0 Å². The third kappa shape index (κ3) is 4.41. The van der Waals surface area contributed by atoms with Crippen molar-refractivity contribution in [2.24, 2.45) is 5.92 Å². The number of nitrogens with one attached hydrogen (secondary N) is 1. The van der Waals surface area contributed by atoms with Gasteiger partial charge in [0.2, 0.25) is 0 Å². The standard InChI is InChI=1S/C16H26FN/c1-5-9-18-16(11-12(3)6-2)14-10-13(4)7-8-15(14)17/h7-8,10,12,16,18H,5-6,9,11H2,1-4H3. The van der Waals surface area contributed by atoms with Crippen molar-refractivity contribution in [3.05, 3.63) is 35.1 Å². The molecular formula is C16H26FN. The molecule has 0 bridgehead atoms. The lowest BCUT2D eigenvalue weighted by molar-refractivity contribution is 0.392. The van der Waals surface area contributed by atoms with E-state index in [1.807, 2.05) is 19.1 Å². The molecule has 1 aromatic rings. The third-order valence-corrected chi connectivity index (χ3v) is 3.50. The second-order valence-electron chi connectivity index (χ2n) is 5.28. The minimum absolute atomic E-state index is 0.0856. The van der Waals surface area contributed by atoms with Crippen LogP contribution in [0.4, 0.5) is 4.39 Å². The molecule has 0 aliphatic rings. The van der Waals surface area contributed by atoms with E-state index < -0.39 is 0 Å². The van der Waals surface area contributed by atoms with Gasteiger partial charge in [-0.05, 0) is 38.3 Å². The van der Waals surface area contributed by atoms with Crippen molar-refractivity contribution in [2.45, 2.75) is 53.0 Å². The molecule has 18 heavy (non-hydrogen) atoms. The molecule has 0 aliphatic carbocycles. The molecule has 1 rings (SSSR count). The first-order valence-electron chi connectivity index (χ1n) is 7.07. The Morgan fingerprint density at radius 3 is 2.61 bits per heavy atom. The zero-order valence-electron chi connectivity index (χ0n) is 12.1. The van der Waals surface area contributed by atoms with Crippen LogP contribution in [0.25, 0.3) is 0 Å². The van der Waals surface area contributed by atoms with Gasteiger partial charge >= 0.3 is 0 Å². The maximum Gasteiger partial charge on any atom is 0.127 e. The van der Waals surface area contributed by atoms with Gasteiger partial charge < -0.3 is 5.32 Å². The van der Waals surface area contributed by atoms with E-state index >= 15 is 0 Å². The predicted molar refractivity (Wildman–Crippen MR) is 76.2 cm³/mol. The first-order chi connectivity index (χ1) is 8.58. The first kappa shape index (κ1) is 15.2. The van der Waals surface area contributed by atoms with E-state index in [0.717, 1.165) is 36.9 Å². The van der Waals surface area contributed by atoms with E-state index in [9.17, 15) is 4.39 Å². The van der Waals surface area contributed by atoms with E-state index in [-0.39, 0.29) is 11.9 Å². The van der Waals surface area contributed by atoms with Crippen molar-refractivity contribution < 1.29 is 4.39 Å². The molecule has 0 radical (unpaired) electrons. The van der Waals surface area contributed by atoms with E-state index in [0.29, 0.717) is 5.92 Å². The Bertz CT molecular complexity index is 362. The second kappa shape index (κ2) is 7.52. The minimum Gasteiger partial charge on any atom is -0.310 e. The van der Waals surface area contributed by atoms with Gasteiger partial charge in [-0.3, -0.25) is 0 Å². The van der Waals surface area contributed by atoms with E-state index in [4.69, 9.17) is 0 Å². The minimum atomic E-state index is -0.0856. The summed E-state index contributed by atoms with van der Waals surface area (Å²) in [4.78, 5) is 0. The Morgan fingerprint density at radius 2 is 2.00 bits per heavy atom. The highest BCUT2D eigenvalue weighted by Gasteiger charge is 2.17. The van der Waals surface area contributed by atoms with E-state index in [1.165, 1.54) is 0 Å². The van der Waals surface area contributed by atoms with Crippen molar-refractivity contribution in [2.75, 3.05) is 6.54 Å². The molecular weight excluding hydrogens is 225 g/mol. The Balaban J connectivity index is 2.89. The molecule has 1 N–H and O–H groups in total. The SMILES string of the molecule is CCCNC(CC(C)CC)c1cc(C)ccc1F. The maximum absolute atomic E-state index is 14.0. The van der Waals surface area contributed by atoms with E-state index in [1.54, 1.807) is 6.07 Å². The quantitative estimate of drug-likeness (QED) is 0.746. The van der Waals surface area contributed by atoms with Crippen molar-refractivity contribution >= 4 is 0 Å². The summed E-state index contributed by atoms with van der Waals surface area (Å²) < 4.78 is 14.0. The van der Waals surface area contributed by atoms with Crippen LogP contribution in [0.15, 0.2) is 18.2 Å². The van der Waals surface area contributed by atoms with Crippen molar-refractivity contribution in [3.63, 3.8) is 0 Å². The zero-order valence-corrected chi connectivity index (χ0v) is 12.1. The highest BCUT2D eigenvalue weighted by molar-refractivity contribution is 5.27. The molecule has 0 saturated carbocycles. The molecule has 2 atom stereocenters. The molecule has 2 unspecified atom stereocenters. The summed E-state index contributed by atoms with van der Waals surface area (Å²) >= 11 is 0. The lowest BCUT2D eigenvalue weighted by atomic mass is 9.93. The molecule has 0 fully saturated rings. The van der Waals surface area contributed by atoms with Crippen LogP contribution in [0, 0.1) is 18.7 Å². The van der Waals surface area contributed by atoms with Gasteiger partial charge in [0.1, 0.15) is 5.82 Å². The molecule has 102 valence electrons. The van der Waals surface area contributed by atoms with Crippen LogP contribution in [-0.4, -0.2) is 6.54 Å². The molecule has 2 heteroatoms. The lowest BCUT2D eigenvalue weighted by Gasteiger charge is -2.23. The van der Waals surface area contributed by atoms with Gasteiger partial charge in [-0.2, -0.15) is 0 Å². The van der Waals surface area contributed by atoms with Crippen LogP contribution < -0.4 is 5.32 Å². The molecule has 0 heterocycles.